The van der Waals surface area contributed by atoms with E-state index in [2.05, 4.69) is 10.6 Å². The third-order valence-electron chi connectivity index (χ3n) is 5.00. The van der Waals surface area contributed by atoms with Crippen molar-refractivity contribution in [2.75, 3.05) is 32.0 Å². The fourth-order valence-corrected chi connectivity index (χ4v) is 3.78. The fraction of sp³-hybridized carbons (Fsp3) is 0.500. The Bertz CT molecular complexity index is 718. The van der Waals surface area contributed by atoms with Crippen LogP contribution in [0.3, 0.4) is 0 Å². The maximum atomic E-state index is 12.5. The Labute approximate surface area is 157 Å². The quantitative estimate of drug-likeness (QED) is 0.846. The van der Waals surface area contributed by atoms with Crippen molar-refractivity contribution in [3.8, 4) is 0 Å². The zero-order valence-electron chi connectivity index (χ0n) is 14.8. The predicted octanol–water partition coefficient (Wildman–Crippen LogP) is 2.32. The molecule has 2 fully saturated rings. The average molecular weight is 379 g/mol. The standard InChI is InChI=1S/C18H23ClN4O3/c1-20-17(25)14-10-12(6-7-15(14)19)21-18(26)22-8-9-23(16(24)11-22)13-4-2-3-5-13/h6-7,10,13H,2-5,8-9,11H2,1H3,(H,20,25)(H,21,26). The van der Waals surface area contributed by atoms with Crippen molar-refractivity contribution in [1.82, 2.24) is 15.1 Å². The summed E-state index contributed by atoms with van der Waals surface area (Å²) >= 11 is 6.02. The molecule has 1 saturated carbocycles. The van der Waals surface area contributed by atoms with E-state index in [1.165, 1.54) is 30.9 Å². The van der Waals surface area contributed by atoms with E-state index >= 15 is 0 Å². The number of rotatable bonds is 3. The SMILES string of the molecule is CNC(=O)c1cc(NC(=O)N2CCN(C3CCCC3)C(=O)C2)ccc1Cl. The van der Waals surface area contributed by atoms with Gasteiger partial charge in [-0.1, -0.05) is 24.4 Å². The third-order valence-corrected chi connectivity index (χ3v) is 5.33. The Morgan fingerprint density at radius 2 is 1.92 bits per heavy atom. The van der Waals surface area contributed by atoms with Crippen molar-refractivity contribution >= 4 is 35.1 Å². The van der Waals surface area contributed by atoms with Crippen molar-refractivity contribution < 1.29 is 14.4 Å². The lowest BCUT2D eigenvalue weighted by atomic mass is 10.1. The van der Waals surface area contributed by atoms with Crippen LogP contribution in [0.4, 0.5) is 10.5 Å². The Morgan fingerprint density at radius 3 is 2.58 bits per heavy atom. The highest BCUT2D eigenvalue weighted by atomic mass is 35.5. The number of piperazine rings is 1. The summed E-state index contributed by atoms with van der Waals surface area (Å²) in [6.45, 7) is 1.16. The second-order valence-corrected chi connectivity index (χ2v) is 7.06. The Balaban J connectivity index is 1.62. The number of hydrogen-bond donors (Lipinski definition) is 2. The molecule has 2 N–H and O–H groups in total. The summed E-state index contributed by atoms with van der Waals surface area (Å²) in [5, 5.41) is 5.56. The first-order chi connectivity index (χ1) is 12.5. The maximum Gasteiger partial charge on any atom is 0.322 e. The molecule has 1 aromatic rings. The molecule has 8 heteroatoms. The molecular weight excluding hydrogens is 356 g/mol. The molecule has 7 nitrogen and oxygen atoms in total. The van der Waals surface area contributed by atoms with Gasteiger partial charge in [-0.3, -0.25) is 9.59 Å². The van der Waals surface area contributed by atoms with Crippen LogP contribution in [0.1, 0.15) is 36.0 Å². The fourth-order valence-electron chi connectivity index (χ4n) is 3.58. The van der Waals surface area contributed by atoms with Crippen LogP contribution in [0.5, 0.6) is 0 Å². The molecule has 0 unspecified atom stereocenters. The number of benzene rings is 1. The van der Waals surface area contributed by atoms with E-state index in [0.717, 1.165) is 12.8 Å². The maximum absolute atomic E-state index is 12.5. The summed E-state index contributed by atoms with van der Waals surface area (Å²) in [6.07, 6.45) is 4.46. The zero-order chi connectivity index (χ0) is 18.7. The Kier molecular flexibility index (Phi) is 5.66. The van der Waals surface area contributed by atoms with Gasteiger partial charge in [0.2, 0.25) is 5.91 Å². The molecule has 0 bridgehead atoms. The molecule has 26 heavy (non-hydrogen) atoms. The van der Waals surface area contributed by atoms with Gasteiger partial charge >= 0.3 is 6.03 Å². The number of anilines is 1. The Hall–Kier alpha value is -2.28. The minimum absolute atomic E-state index is 0.000422. The van der Waals surface area contributed by atoms with Gasteiger partial charge in [-0.05, 0) is 31.0 Å². The lowest BCUT2D eigenvalue weighted by Crippen LogP contribution is -2.55. The number of halogens is 1. The first-order valence-electron chi connectivity index (χ1n) is 8.86. The van der Waals surface area contributed by atoms with Crippen molar-refractivity contribution in [2.45, 2.75) is 31.7 Å². The molecule has 1 aliphatic carbocycles. The van der Waals surface area contributed by atoms with Crippen LogP contribution in [0.15, 0.2) is 18.2 Å². The number of hydrogen-bond acceptors (Lipinski definition) is 3. The number of carbonyl (C=O) groups excluding carboxylic acids is 3. The second-order valence-electron chi connectivity index (χ2n) is 6.65. The van der Waals surface area contributed by atoms with Gasteiger partial charge < -0.3 is 20.4 Å². The van der Waals surface area contributed by atoms with Crippen LogP contribution in [0, 0.1) is 0 Å². The summed E-state index contributed by atoms with van der Waals surface area (Å²) in [5.41, 5.74) is 0.748. The molecule has 1 aromatic carbocycles. The summed E-state index contributed by atoms with van der Waals surface area (Å²) in [6, 6.07) is 4.69. The van der Waals surface area contributed by atoms with E-state index in [4.69, 9.17) is 11.6 Å². The molecule has 4 amide bonds. The molecular formula is C18H23ClN4O3. The summed E-state index contributed by atoms with van der Waals surface area (Å²) < 4.78 is 0. The molecule has 1 aliphatic heterocycles. The van der Waals surface area contributed by atoms with Crippen LogP contribution in [-0.4, -0.2) is 60.4 Å². The number of amides is 4. The van der Waals surface area contributed by atoms with Crippen LogP contribution in [0.2, 0.25) is 5.02 Å². The van der Waals surface area contributed by atoms with E-state index in [1.54, 1.807) is 12.1 Å². The first kappa shape index (κ1) is 18.5. The lowest BCUT2D eigenvalue weighted by molar-refractivity contribution is -0.137. The number of nitrogens with zero attached hydrogens (tertiary/aromatic N) is 2. The van der Waals surface area contributed by atoms with Crippen LogP contribution < -0.4 is 10.6 Å². The van der Waals surface area contributed by atoms with Crippen LogP contribution in [0.25, 0.3) is 0 Å². The topological polar surface area (TPSA) is 81.8 Å². The van der Waals surface area contributed by atoms with Crippen molar-refractivity contribution in [3.05, 3.63) is 28.8 Å². The monoisotopic (exact) mass is 378 g/mol. The van der Waals surface area contributed by atoms with Crippen molar-refractivity contribution in [2.24, 2.45) is 0 Å². The highest BCUT2D eigenvalue weighted by molar-refractivity contribution is 6.34. The number of nitrogens with one attached hydrogen (secondary N) is 2. The van der Waals surface area contributed by atoms with E-state index in [9.17, 15) is 14.4 Å². The van der Waals surface area contributed by atoms with Crippen LogP contribution >= 0.6 is 11.6 Å². The van der Waals surface area contributed by atoms with Crippen molar-refractivity contribution in [3.63, 3.8) is 0 Å². The summed E-state index contributed by atoms with van der Waals surface area (Å²) in [4.78, 5) is 40.1. The van der Waals surface area contributed by atoms with Gasteiger partial charge in [0.1, 0.15) is 6.54 Å². The average Bonchev–Trinajstić information content (AvgIpc) is 3.16. The molecule has 2 aliphatic rings. The first-order valence-corrected chi connectivity index (χ1v) is 9.24. The molecule has 1 heterocycles. The number of urea groups is 1. The third kappa shape index (κ3) is 3.93. The zero-order valence-corrected chi connectivity index (χ0v) is 15.5. The Morgan fingerprint density at radius 1 is 1.19 bits per heavy atom. The van der Waals surface area contributed by atoms with E-state index in [-0.39, 0.29) is 30.0 Å². The highest BCUT2D eigenvalue weighted by Gasteiger charge is 2.32. The minimum atomic E-state index is -0.352. The predicted molar refractivity (Wildman–Crippen MR) is 99.4 cm³/mol. The van der Waals surface area contributed by atoms with Gasteiger partial charge in [0.05, 0.1) is 10.6 Å². The van der Waals surface area contributed by atoms with Gasteiger partial charge in [0, 0.05) is 31.9 Å². The molecule has 140 valence electrons. The van der Waals surface area contributed by atoms with Crippen LogP contribution in [-0.2, 0) is 4.79 Å². The molecule has 0 radical (unpaired) electrons. The van der Waals surface area contributed by atoms with Gasteiger partial charge in [-0.2, -0.15) is 0 Å². The summed E-state index contributed by atoms with van der Waals surface area (Å²) in [5.74, 6) is -0.327. The second kappa shape index (κ2) is 7.95. The van der Waals surface area contributed by atoms with Gasteiger partial charge in [0.15, 0.2) is 0 Å². The normalized spacial score (nSPS) is 18.2. The van der Waals surface area contributed by atoms with E-state index in [1.807, 2.05) is 4.90 Å². The summed E-state index contributed by atoms with van der Waals surface area (Å²) in [7, 11) is 1.51. The van der Waals surface area contributed by atoms with Gasteiger partial charge in [-0.15, -0.1) is 0 Å². The van der Waals surface area contributed by atoms with E-state index < -0.39 is 0 Å². The van der Waals surface area contributed by atoms with Gasteiger partial charge in [0.25, 0.3) is 5.91 Å². The highest BCUT2D eigenvalue weighted by Crippen LogP contribution is 2.25. The molecule has 0 spiro atoms. The molecule has 0 atom stereocenters. The smallest absolute Gasteiger partial charge is 0.322 e. The molecule has 3 rings (SSSR count). The molecule has 0 aromatic heterocycles. The van der Waals surface area contributed by atoms with Crippen molar-refractivity contribution in [1.29, 1.82) is 0 Å². The number of carbonyl (C=O) groups is 3. The lowest BCUT2D eigenvalue weighted by Gasteiger charge is -2.37. The van der Waals surface area contributed by atoms with E-state index in [0.29, 0.717) is 29.8 Å². The largest absolute Gasteiger partial charge is 0.355 e. The minimum Gasteiger partial charge on any atom is -0.355 e. The molecule has 1 saturated heterocycles. The van der Waals surface area contributed by atoms with Gasteiger partial charge in [-0.25, -0.2) is 4.79 Å².